The van der Waals surface area contributed by atoms with Crippen LogP contribution in [0.4, 0.5) is 0 Å². The van der Waals surface area contributed by atoms with Crippen molar-refractivity contribution in [2.75, 3.05) is 40.1 Å². The molecular formula is C11H23NO4. The van der Waals surface area contributed by atoms with Gasteiger partial charge >= 0.3 is 0 Å². The molecule has 0 aromatic rings. The molecule has 0 spiro atoms. The van der Waals surface area contributed by atoms with E-state index in [0.717, 1.165) is 25.7 Å². The zero-order chi connectivity index (χ0) is 12.1. The summed E-state index contributed by atoms with van der Waals surface area (Å²) in [5.74, 6) is -0.0849. The second-order valence-electron chi connectivity index (χ2n) is 3.53. The van der Waals surface area contributed by atoms with E-state index >= 15 is 0 Å². The first-order valence-electron chi connectivity index (χ1n) is 5.75. The molecule has 16 heavy (non-hydrogen) atoms. The smallest absolute Gasteiger partial charge is 0.245 e. The van der Waals surface area contributed by atoms with Crippen molar-refractivity contribution < 1.29 is 19.4 Å². The average Bonchev–Trinajstić information content (AvgIpc) is 2.29. The number of rotatable bonds is 11. The van der Waals surface area contributed by atoms with Crippen molar-refractivity contribution in [3.63, 3.8) is 0 Å². The summed E-state index contributed by atoms with van der Waals surface area (Å²) in [6.07, 6.45) is 3.83. The van der Waals surface area contributed by atoms with Crippen LogP contribution in [-0.4, -0.2) is 51.1 Å². The summed E-state index contributed by atoms with van der Waals surface area (Å²) in [7, 11) is 1.59. The maximum absolute atomic E-state index is 11.2. The van der Waals surface area contributed by atoms with Crippen LogP contribution in [0, 0.1) is 0 Å². The minimum absolute atomic E-state index is 0.0849. The number of amides is 1. The maximum Gasteiger partial charge on any atom is 0.245 e. The summed E-state index contributed by atoms with van der Waals surface area (Å²) >= 11 is 0. The van der Waals surface area contributed by atoms with Gasteiger partial charge in [0.25, 0.3) is 0 Å². The standard InChI is InChI=1S/C11H23NO4/c1-15-8-9-16-10-11(14)12-6-4-2-3-5-7-13/h13H,2-10H2,1H3,(H,12,14). The molecule has 0 saturated heterocycles. The third-order valence-corrected chi connectivity index (χ3v) is 2.07. The van der Waals surface area contributed by atoms with Crippen LogP contribution in [0.1, 0.15) is 25.7 Å². The Morgan fingerprint density at radius 3 is 2.62 bits per heavy atom. The van der Waals surface area contributed by atoms with Gasteiger partial charge in [-0.3, -0.25) is 4.79 Å². The lowest BCUT2D eigenvalue weighted by Crippen LogP contribution is -2.29. The molecule has 2 N–H and O–H groups in total. The Morgan fingerprint density at radius 1 is 1.19 bits per heavy atom. The molecule has 0 aromatic heterocycles. The third-order valence-electron chi connectivity index (χ3n) is 2.07. The summed E-state index contributed by atoms with van der Waals surface area (Å²) in [6.45, 7) is 1.98. The number of aliphatic hydroxyl groups is 1. The Kier molecular flexibility index (Phi) is 11.9. The molecule has 5 nitrogen and oxygen atoms in total. The highest BCUT2D eigenvalue weighted by atomic mass is 16.5. The molecule has 0 aromatic carbocycles. The van der Waals surface area contributed by atoms with Crippen molar-refractivity contribution in [2.24, 2.45) is 0 Å². The average molecular weight is 233 g/mol. The molecule has 0 rings (SSSR count). The van der Waals surface area contributed by atoms with Crippen molar-refractivity contribution >= 4 is 5.91 Å². The second kappa shape index (κ2) is 12.4. The van der Waals surface area contributed by atoms with E-state index in [9.17, 15) is 4.79 Å². The van der Waals surface area contributed by atoms with Gasteiger partial charge in [-0.15, -0.1) is 0 Å². The van der Waals surface area contributed by atoms with E-state index < -0.39 is 0 Å². The molecule has 0 radical (unpaired) electrons. The van der Waals surface area contributed by atoms with Crippen LogP contribution in [0.2, 0.25) is 0 Å². The van der Waals surface area contributed by atoms with Crippen LogP contribution in [0.5, 0.6) is 0 Å². The fourth-order valence-electron chi connectivity index (χ4n) is 1.18. The Balaban J connectivity index is 3.11. The molecule has 5 heteroatoms. The van der Waals surface area contributed by atoms with Gasteiger partial charge < -0.3 is 19.9 Å². The van der Waals surface area contributed by atoms with Crippen LogP contribution < -0.4 is 5.32 Å². The highest BCUT2D eigenvalue weighted by Crippen LogP contribution is 1.97. The topological polar surface area (TPSA) is 67.8 Å². The van der Waals surface area contributed by atoms with Gasteiger partial charge in [-0.2, -0.15) is 0 Å². The lowest BCUT2D eigenvalue weighted by atomic mass is 10.2. The maximum atomic E-state index is 11.2. The van der Waals surface area contributed by atoms with Gasteiger partial charge in [-0.05, 0) is 12.8 Å². The zero-order valence-corrected chi connectivity index (χ0v) is 10.0. The van der Waals surface area contributed by atoms with Crippen LogP contribution in [0.25, 0.3) is 0 Å². The van der Waals surface area contributed by atoms with E-state index in [0.29, 0.717) is 19.8 Å². The van der Waals surface area contributed by atoms with Crippen LogP contribution in [0.3, 0.4) is 0 Å². The molecule has 0 unspecified atom stereocenters. The molecule has 0 atom stereocenters. The van der Waals surface area contributed by atoms with E-state index in [4.69, 9.17) is 14.6 Å². The van der Waals surface area contributed by atoms with Crippen LogP contribution in [-0.2, 0) is 14.3 Å². The number of hydrogen-bond donors (Lipinski definition) is 2. The van der Waals surface area contributed by atoms with E-state index in [-0.39, 0.29) is 19.1 Å². The van der Waals surface area contributed by atoms with Gasteiger partial charge in [0.1, 0.15) is 6.61 Å². The summed E-state index contributed by atoms with van der Waals surface area (Å²) in [4.78, 5) is 11.2. The summed E-state index contributed by atoms with van der Waals surface area (Å²) in [6, 6.07) is 0. The Labute approximate surface area is 97.1 Å². The van der Waals surface area contributed by atoms with Crippen molar-refractivity contribution in [1.82, 2.24) is 5.32 Å². The zero-order valence-electron chi connectivity index (χ0n) is 10.0. The van der Waals surface area contributed by atoms with Crippen molar-refractivity contribution in [3.8, 4) is 0 Å². The molecule has 0 heterocycles. The Hall–Kier alpha value is -0.650. The first kappa shape index (κ1) is 15.3. The predicted molar refractivity (Wildman–Crippen MR) is 61.3 cm³/mol. The first-order valence-corrected chi connectivity index (χ1v) is 5.75. The van der Waals surface area contributed by atoms with Gasteiger partial charge in [0.05, 0.1) is 13.2 Å². The monoisotopic (exact) mass is 233 g/mol. The van der Waals surface area contributed by atoms with Crippen molar-refractivity contribution in [2.45, 2.75) is 25.7 Å². The molecule has 0 aliphatic rings. The number of carbonyl (C=O) groups is 1. The summed E-state index contributed by atoms with van der Waals surface area (Å²) < 4.78 is 9.84. The minimum Gasteiger partial charge on any atom is -0.396 e. The molecule has 1 amide bonds. The first-order chi connectivity index (χ1) is 7.81. The van der Waals surface area contributed by atoms with E-state index in [2.05, 4.69) is 5.32 Å². The molecule has 96 valence electrons. The number of nitrogens with one attached hydrogen (secondary N) is 1. The number of unbranched alkanes of at least 4 members (excludes halogenated alkanes) is 3. The van der Waals surface area contributed by atoms with Crippen molar-refractivity contribution in [3.05, 3.63) is 0 Å². The lowest BCUT2D eigenvalue weighted by molar-refractivity contribution is -0.126. The summed E-state index contributed by atoms with van der Waals surface area (Å²) in [5, 5.41) is 11.3. The van der Waals surface area contributed by atoms with E-state index in [1.54, 1.807) is 7.11 Å². The van der Waals surface area contributed by atoms with Crippen LogP contribution >= 0.6 is 0 Å². The number of hydrogen-bond acceptors (Lipinski definition) is 4. The quantitative estimate of drug-likeness (QED) is 0.504. The van der Waals surface area contributed by atoms with Crippen LogP contribution in [0.15, 0.2) is 0 Å². The molecule has 0 fully saturated rings. The van der Waals surface area contributed by atoms with E-state index in [1.807, 2.05) is 0 Å². The fourth-order valence-corrected chi connectivity index (χ4v) is 1.18. The summed E-state index contributed by atoms with van der Waals surface area (Å²) in [5.41, 5.74) is 0. The second-order valence-corrected chi connectivity index (χ2v) is 3.53. The molecular weight excluding hydrogens is 210 g/mol. The Morgan fingerprint density at radius 2 is 1.94 bits per heavy atom. The Bertz CT molecular complexity index is 164. The molecule has 0 bridgehead atoms. The van der Waals surface area contributed by atoms with Crippen molar-refractivity contribution in [1.29, 1.82) is 0 Å². The largest absolute Gasteiger partial charge is 0.396 e. The van der Waals surface area contributed by atoms with Gasteiger partial charge in [-0.1, -0.05) is 12.8 Å². The normalized spacial score (nSPS) is 10.4. The third kappa shape index (κ3) is 11.4. The molecule has 0 aliphatic carbocycles. The van der Waals surface area contributed by atoms with Gasteiger partial charge in [0.15, 0.2) is 0 Å². The number of aliphatic hydroxyl groups excluding tert-OH is 1. The van der Waals surface area contributed by atoms with Gasteiger partial charge in [0.2, 0.25) is 5.91 Å². The highest BCUT2D eigenvalue weighted by Gasteiger charge is 1.99. The van der Waals surface area contributed by atoms with Gasteiger partial charge in [-0.25, -0.2) is 0 Å². The number of ether oxygens (including phenoxy) is 2. The van der Waals surface area contributed by atoms with Gasteiger partial charge in [0, 0.05) is 20.3 Å². The molecule has 0 aliphatic heterocycles. The predicted octanol–water partition coefficient (Wildman–Crippen LogP) is 0.318. The van der Waals surface area contributed by atoms with E-state index in [1.165, 1.54) is 0 Å². The highest BCUT2D eigenvalue weighted by molar-refractivity contribution is 5.77. The SMILES string of the molecule is COCCOCC(=O)NCCCCCCO. The lowest BCUT2D eigenvalue weighted by Gasteiger charge is -2.05. The number of methoxy groups -OCH3 is 1. The fraction of sp³-hybridized carbons (Fsp3) is 0.909. The number of carbonyl (C=O) groups excluding carboxylic acids is 1. The minimum atomic E-state index is -0.0849. The molecule has 0 saturated carbocycles.